The summed E-state index contributed by atoms with van der Waals surface area (Å²) in [4.78, 5) is 25.1. The Balaban J connectivity index is 1.20. The summed E-state index contributed by atoms with van der Waals surface area (Å²) < 4.78 is 14.0. The molecule has 2 aliphatic rings. The van der Waals surface area contributed by atoms with E-state index in [9.17, 15) is 14.0 Å². The molecule has 1 aliphatic carbocycles. The van der Waals surface area contributed by atoms with E-state index in [1.165, 1.54) is 17.2 Å². The molecule has 1 heterocycles. The number of anilines is 1. The van der Waals surface area contributed by atoms with Crippen LogP contribution in [0.2, 0.25) is 0 Å². The summed E-state index contributed by atoms with van der Waals surface area (Å²) in [5, 5.41) is 9.15. The van der Waals surface area contributed by atoms with Crippen molar-refractivity contribution < 1.29 is 14.0 Å². The van der Waals surface area contributed by atoms with Gasteiger partial charge in [0.15, 0.2) is 0 Å². The van der Waals surface area contributed by atoms with Crippen molar-refractivity contribution in [3.05, 3.63) is 65.0 Å². The first-order chi connectivity index (χ1) is 15.0. The van der Waals surface area contributed by atoms with Crippen molar-refractivity contribution in [1.82, 2.24) is 10.6 Å². The second-order valence-electron chi connectivity index (χ2n) is 8.84. The third-order valence-corrected chi connectivity index (χ3v) is 6.56. The van der Waals surface area contributed by atoms with Gasteiger partial charge in [-0.05, 0) is 73.8 Å². The number of carbonyl (C=O) groups is 2. The number of rotatable bonds is 5. The topological polar surface area (TPSA) is 70.2 Å². The van der Waals surface area contributed by atoms with Crippen LogP contribution in [0.3, 0.4) is 0 Å². The summed E-state index contributed by atoms with van der Waals surface area (Å²) >= 11 is 0. The van der Waals surface area contributed by atoms with E-state index in [0.29, 0.717) is 18.9 Å². The van der Waals surface area contributed by atoms with Crippen LogP contribution < -0.4 is 16.0 Å². The average molecular weight is 424 g/mol. The third kappa shape index (κ3) is 5.31. The Morgan fingerprint density at radius 3 is 2.52 bits per heavy atom. The fourth-order valence-electron chi connectivity index (χ4n) is 4.59. The zero-order valence-corrected chi connectivity index (χ0v) is 17.9. The van der Waals surface area contributed by atoms with Gasteiger partial charge in [0.1, 0.15) is 5.82 Å². The fourth-order valence-corrected chi connectivity index (χ4v) is 4.59. The Hall–Kier alpha value is -2.73. The largest absolute Gasteiger partial charge is 0.354 e. The second-order valence-corrected chi connectivity index (χ2v) is 8.84. The number of halogens is 1. The number of hydrogen-bond donors (Lipinski definition) is 3. The smallest absolute Gasteiger partial charge is 0.237 e. The molecule has 1 atom stereocenters. The van der Waals surface area contributed by atoms with Gasteiger partial charge in [-0.25, -0.2) is 4.39 Å². The van der Waals surface area contributed by atoms with Crippen LogP contribution in [0.15, 0.2) is 42.5 Å². The molecule has 31 heavy (non-hydrogen) atoms. The fraction of sp³-hybridized carbons (Fsp3) is 0.440. The molecule has 1 aliphatic heterocycles. The Morgan fingerprint density at radius 1 is 1.03 bits per heavy atom. The summed E-state index contributed by atoms with van der Waals surface area (Å²) in [7, 11) is 0. The van der Waals surface area contributed by atoms with Crippen LogP contribution in [0.25, 0.3) is 0 Å². The maximum Gasteiger partial charge on any atom is 0.237 e. The molecule has 1 unspecified atom stereocenters. The lowest BCUT2D eigenvalue weighted by atomic mass is 9.81. The van der Waals surface area contributed by atoms with Gasteiger partial charge >= 0.3 is 0 Å². The Bertz CT molecular complexity index is 954. The highest BCUT2D eigenvalue weighted by molar-refractivity contribution is 5.92. The molecule has 0 bridgehead atoms. The normalized spacial score (nSPS) is 23.0. The quantitative estimate of drug-likeness (QED) is 0.687. The van der Waals surface area contributed by atoms with Crippen LogP contribution in [0, 0.1) is 24.6 Å². The summed E-state index contributed by atoms with van der Waals surface area (Å²) in [5.41, 5.74) is 3.56. The molecule has 4 rings (SSSR count). The summed E-state index contributed by atoms with van der Waals surface area (Å²) in [6.45, 7) is 3.17. The van der Waals surface area contributed by atoms with E-state index in [4.69, 9.17) is 0 Å². The van der Waals surface area contributed by atoms with Gasteiger partial charge in [-0.1, -0.05) is 30.3 Å². The minimum Gasteiger partial charge on any atom is -0.354 e. The minimum atomic E-state index is -0.399. The molecule has 2 aromatic rings. The van der Waals surface area contributed by atoms with Crippen LogP contribution in [-0.2, 0) is 22.6 Å². The molecule has 0 saturated heterocycles. The van der Waals surface area contributed by atoms with Gasteiger partial charge in [-0.15, -0.1) is 0 Å². The van der Waals surface area contributed by atoms with Gasteiger partial charge in [-0.2, -0.15) is 0 Å². The molecule has 1 saturated carbocycles. The SMILES string of the molecule is Cc1ccc(NC(=O)C2CCC(CNC(=O)C3Cc4ccccc4CN3)CC2)c(F)c1. The lowest BCUT2D eigenvalue weighted by Gasteiger charge is -2.29. The summed E-state index contributed by atoms with van der Waals surface area (Å²) in [5.74, 6) is -0.202. The highest BCUT2D eigenvalue weighted by Gasteiger charge is 2.28. The maximum atomic E-state index is 14.0. The zero-order valence-electron chi connectivity index (χ0n) is 17.9. The van der Waals surface area contributed by atoms with Crippen molar-refractivity contribution in [1.29, 1.82) is 0 Å². The van der Waals surface area contributed by atoms with E-state index < -0.39 is 5.82 Å². The standard InChI is InChI=1S/C25H30FN3O2/c1-16-6-11-22(21(26)12-16)29-24(30)18-9-7-17(8-10-18)14-28-25(31)23-13-19-4-2-3-5-20(19)15-27-23/h2-6,11-12,17-18,23,27H,7-10,13-15H2,1H3,(H,28,31)(H,29,30). The average Bonchev–Trinajstić information content (AvgIpc) is 2.79. The van der Waals surface area contributed by atoms with Gasteiger partial charge in [0, 0.05) is 19.0 Å². The van der Waals surface area contributed by atoms with Gasteiger partial charge < -0.3 is 16.0 Å². The second kappa shape index (κ2) is 9.60. The first kappa shape index (κ1) is 21.5. The molecule has 0 aromatic heterocycles. The van der Waals surface area contributed by atoms with Crippen molar-refractivity contribution in [3.8, 4) is 0 Å². The number of fused-ring (bicyclic) bond motifs is 1. The number of hydrogen-bond acceptors (Lipinski definition) is 3. The van der Waals surface area contributed by atoms with Crippen LogP contribution in [0.1, 0.15) is 42.4 Å². The van der Waals surface area contributed by atoms with Gasteiger partial charge in [0.25, 0.3) is 0 Å². The summed E-state index contributed by atoms with van der Waals surface area (Å²) in [6.07, 6.45) is 4.00. The first-order valence-corrected chi connectivity index (χ1v) is 11.1. The molecule has 5 nitrogen and oxygen atoms in total. The summed E-state index contributed by atoms with van der Waals surface area (Å²) in [6, 6.07) is 12.9. The van der Waals surface area contributed by atoms with Crippen LogP contribution >= 0.6 is 0 Å². The van der Waals surface area contributed by atoms with Gasteiger partial charge in [0.05, 0.1) is 11.7 Å². The van der Waals surface area contributed by atoms with E-state index >= 15 is 0 Å². The third-order valence-electron chi connectivity index (χ3n) is 6.56. The predicted molar refractivity (Wildman–Crippen MR) is 119 cm³/mol. The molecule has 3 N–H and O–H groups in total. The molecule has 0 radical (unpaired) electrons. The highest BCUT2D eigenvalue weighted by atomic mass is 19.1. The van der Waals surface area contributed by atoms with Crippen molar-refractivity contribution in [2.75, 3.05) is 11.9 Å². The van der Waals surface area contributed by atoms with E-state index in [0.717, 1.165) is 37.8 Å². The molecular weight excluding hydrogens is 393 g/mol. The maximum absolute atomic E-state index is 14.0. The molecule has 6 heteroatoms. The Kier molecular flexibility index (Phi) is 6.66. The molecule has 164 valence electrons. The highest BCUT2D eigenvalue weighted by Crippen LogP contribution is 2.30. The molecule has 2 aromatic carbocycles. The van der Waals surface area contributed by atoms with Crippen LogP contribution in [0.4, 0.5) is 10.1 Å². The lowest BCUT2D eigenvalue weighted by Crippen LogP contribution is -2.48. The Morgan fingerprint density at radius 2 is 1.77 bits per heavy atom. The zero-order chi connectivity index (χ0) is 21.8. The monoisotopic (exact) mass is 423 g/mol. The van der Waals surface area contributed by atoms with E-state index in [2.05, 4.69) is 28.1 Å². The van der Waals surface area contributed by atoms with Crippen LogP contribution in [0.5, 0.6) is 0 Å². The molecular formula is C25H30FN3O2. The molecule has 1 fully saturated rings. The predicted octanol–water partition coefficient (Wildman–Crippen LogP) is 3.71. The van der Waals surface area contributed by atoms with Crippen molar-refractivity contribution in [3.63, 3.8) is 0 Å². The lowest BCUT2D eigenvalue weighted by molar-refractivity contribution is -0.124. The molecule has 2 amide bonds. The van der Waals surface area contributed by atoms with Crippen molar-refractivity contribution in [2.45, 2.75) is 51.6 Å². The number of amides is 2. The number of carbonyl (C=O) groups excluding carboxylic acids is 2. The first-order valence-electron chi connectivity index (χ1n) is 11.1. The van der Waals surface area contributed by atoms with E-state index in [1.807, 2.05) is 19.1 Å². The minimum absolute atomic E-state index is 0.0456. The van der Waals surface area contributed by atoms with E-state index in [-0.39, 0.29) is 29.5 Å². The van der Waals surface area contributed by atoms with E-state index in [1.54, 1.807) is 12.1 Å². The van der Waals surface area contributed by atoms with Crippen molar-refractivity contribution >= 4 is 17.5 Å². The number of aryl methyl sites for hydroxylation is 1. The molecule has 0 spiro atoms. The number of nitrogens with one attached hydrogen (secondary N) is 3. The van der Waals surface area contributed by atoms with Gasteiger partial charge in [0.2, 0.25) is 11.8 Å². The van der Waals surface area contributed by atoms with Crippen LogP contribution in [-0.4, -0.2) is 24.4 Å². The number of benzene rings is 2. The van der Waals surface area contributed by atoms with Gasteiger partial charge in [-0.3, -0.25) is 9.59 Å². The van der Waals surface area contributed by atoms with Crippen molar-refractivity contribution in [2.24, 2.45) is 11.8 Å². The Labute approximate surface area is 182 Å².